The fourth-order valence-electron chi connectivity index (χ4n) is 4.30. The number of anilines is 1. The molecule has 5 rings (SSSR count). The van der Waals surface area contributed by atoms with Crippen LogP contribution in [0.3, 0.4) is 0 Å². The van der Waals surface area contributed by atoms with Gasteiger partial charge in [-0.3, -0.25) is 9.78 Å². The second kappa shape index (κ2) is 8.60. The number of nitrogens with one attached hydrogen (secondary N) is 1. The third kappa shape index (κ3) is 3.86. The predicted octanol–water partition coefficient (Wildman–Crippen LogP) is 5.23. The highest BCUT2D eigenvalue weighted by molar-refractivity contribution is 5.96. The van der Waals surface area contributed by atoms with Crippen LogP contribution in [0.2, 0.25) is 0 Å². The molecule has 0 amide bonds. The van der Waals surface area contributed by atoms with Gasteiger partial charge in [-0.25, -0.2) is 14.8 Å². The molecule has 3 heterocycles. The van der Waals surface area contributed by atoms with E-state index in [2.05, 4.69) is 31.2 Å². The van der Waals surface area contributed by atoms with Crippen molar-refractivity contribution in [1.29, 1.82) is 0 Å². The highest BCUT2D eigenvalue weighted by atomic mass is 16.5. The average Bonchev–Trinajstić information content (AvgIpc) is 3.69. The first-order valence-corrected chi connectivity index (χ1v) is 11.2. The van der Waals surface area contributed by atoms with Crippen molar-refractivity contribution in [3.63, 3.8) is 0 Å². The fourth-order valence-corrected chi connectivity index (χ4v) is 4.30. The van der Waals surface area contributed by atoms with Crippen LogP contribution in [0.4, 0.5) is 11.5 Å². The first-order valence-electron chi connectivity index (χ1n) is 11.2. The zero-order valence-electron chi connectivity index (χ0n) is 19.2. The van der Waals surface area contributed by atoms with Crippen LogP contribution in [0, 0.1) is 13.5 Å². The Hall–Kier alpha value is -4.25. The first-order chi connectivity index (χ1) is 16.5. The van der Waals surface area contributed by atoms with Gasteiger partial charge in [-0.05, 0) is 55.3 Å². The van der Waals surface area contributed by atoms with Gasteiger partial charge in [0.25, 0.3) is 5.56 Å². The minimum absolute atomic E-state index is 0.0145. The van der Waals surface area contributed by atoms with Gasteiger partial charge in [0.2, 0.25) is 11.6 Å². The van der Waals surface area contributed by atoms with Crippen molar-refractivity contribution >= 4 is 22.3 Å². The average molecular weight is 453 g/mol. The van der Waals surface area contributed by atoms with Crippen LogP contribution in [0.15, 0.2) is 53.6 Å². The van der Waals surface area contributed by atoms with Gasteiger partial charge in [-0.1, -0.05) is 18.2 Å². The predicted molar refractivity (Wildman–Crippen MR) is 131 cm³/mol. The van der Waals surface area contributed by atoms with E-state index >= 15 is 0 Å². The van der Waals surface area contributed by atoms with Crippen molar-refractivity contribution in [2.24, 2.45) is 0 Å². The smallest absolute Gasteiger partial charge is 0.259 e. The molecular formula is C26H24N6O2. The largest absolute Gasteiger partial charge is 0.481 e. The molecule has 0 unspecified atom stereocenters. The Kier molecular flexibility index (Phi) is 5.46. The Balaban J connectivity index is 1.66. The molecule has 0 bridgehead atoms. The molecule has 4 aromatic rings. The third-order valence-electron chi connectivity index (χ3n) is 6.09. The van der Waals surface area contributed by atoms with Crippen LogP contribution in [-0.4, -0.2) is 26.6 Å². The normalized spacial score (nSPS) is 13.9. The Morgan fingerprint density at radius 3 is 2.79 bits per heavy atom. The minimum atomic E-state index is -0.239. The summed E-state index contributed by atoms with van der Waals surface area (Å²) in [5.41, 5.74) is 2.95. The number of hydrogen-bond acceptors (Lipinski definition) is 6. The van der Waals surface area contributed by atoms with E-state index in [4.69, 9.17) is 11.3 Å². The SMILES string of the molecule is [C-]#[N+]c1cnc(C)nc1N[C@@H](C)c1cc2cccc(-c3ccnc(OC)c3)c2c(=O)n1C1CC1. The van der Waals surface area contributed by atoms with Gasteiger partial charge in [0.1, 0.15) is 11.6 Å². The van der Waals surface area contributed by atoms with Crippen molar-refractivity contribution in [1.82, 2.24) is 19.5 Å². The number of rotatable bonds is 6. The molecule has 170 valence electrons. The molecule has 8 heteroatoms. The van der Waals surface area contributed by atoms with Crippen LogP contribution < -0.4 is 15.6 Å². The zero-order valence-corrected chi connectivity index (χ0v) is 19.2. The lowest BCUT2D eigenvalue weighted by molar-refractivity contribution is 0.398. The molecule has 1 aromatic carbocycles. The van der Waals surface area contributed by atoms with E-state index in [1.807, 2.05) is 41.8 Å². The molecule has 0 aliphatic heterocycles. The van der Waals surface area contributed by atoms with Gasteiger partial charge < -0.3 is 14.6 Å². The Bertz CT molecular complexity index is 1500. The molecule has 1 saturated carbocycles. The maximum atomic E-state index is 13.9. The van der Waals surface area contributed by atoms with Gasteiger partial charge in [0, 0.05) is 30.2 Å². The Morgan fingerprint density at radius 1 is 1.24 bits per heavy atom. The van der Waals surface area contributed by atoms with E-state index in [-0.39, 0.29) is 17.6 Å². The van der Waals surface area contributed by atoms with Gasteiger partial charge in [0.05, 0.1) is 25.1 Å². The maximum Gasteiger partial charge on any atom is 0.259 e. The number of aryl methyl sites for hydroxylation is 1. The molecule has 0 radical (unpaired) electrons. The molecule has 8 nitrogen and oxygen atoms in total. The van der Waals surface area contributed by atoms with Crippen LogP contribution in [0.25, 0.3) is 26.7 Å². The number of methoxy groups -OCH3 is 1. The van der Waals surface area contributed by atoms with Crippen molar-refractivity contribution < 1.29 is 4.74 Å². The maximum absolute atomic E-state index is 13.9. The molecule has 1 N–H and O–H groups in total. The second-order valence-electron chi connectivity index (χ2n) is 8.46. The summed E-state index contributed by atoms with van der Waals surface area (Å²) in [7, 11) is 1.58. The Labute approximate surface area is 197 Å². The fraction of sp³-hybridized carbons (Fsp3) is 0.269. The van der Waals surface area contributed by atoms with Crippen molar-refractivity contribution in [3.8, 4) is 17.0 Å². The van der Waals surface area contributed by atoms with Gasteiger partial charge in [0.15, 0.2) is 0 Å². The summed E-state index contributed by atoms with van der Waals surface area (Å²) in [6, 6.07) is 11.6. The standard InChI is InChI=1S/C26H24N6O2/c1-15(30-25-21(27-3)14-29-16(2)31-25)22-12-18-6-5-7-20(17-10-11-28-23(13-17)34-4)24(18)26(33)32(22)19-8-9-19/h5-7,10-15,19H,8-9H2,1-2,4H3,(H,29,30,31)/t15-/m0/s1. The number of pyridine rings is 2. The summed E-state index contributed by atoms with van der Waals surface area (Å²) in [5.74, 6) is 1.56. The lowest BCUT2D eigenvalue weighted by atomic mass is 9.98. The zero-order chi connectivity index (χ0) is 23.8. The molecule has 1 aliphatic carbocycles. The Morgan fingerprint density at radius 2 is 2.06 bits per heavy atom. The number of aromatic nitrogens is 4. The topological polar surface area (TPSA) is 86.3 Å². The van der Waals surface area contributed by atoms with E-state index in [1.54, 1.807) is 20.2 Å². The summed E-state index contributed by atoms with van der Waals surface area (Å²) in [4.78, 5) is 30.2. The molecule has 1 atom stereocenters. The lowest BCUT2D eigenvalue weighted by Gasteiger charge is -2.22. The van der Waals surface area contributed by atoms with Gasteiger partial charge in [-0.2, -0.15) is 0 Å². The summed E-state index contributed by atoms with van der Waals surface area (Å²) in [6.07, 6.45) is 5.14. The third-order valence-corrected chi connectivity index (χ3v) is 6.09. The molecule has 1 fully saturated rings. The second-order valence-corrected chi connectivity index (χ2v) is 8.46. The van der Waals surface area contributed by atoms with Crippen molar-refractivity contribution in [3.05, 3.63) is 82.1 Å². The van der Waals surface area contributed by atoms with E-state index in [0.29, 0.717) is 28.6 Å². The molecule has 0 spiro atoms. The summed E-state index contributed by atoms with van der Waals surface area (Å²) in [5, 5.41) is 4.89. The number of benzene rings is 1. The molecule has 34 heavy (non-hydrogen) atoms. The van der Waals surface area contributed by atoms with Gasteiger partial charge >= 0.3 is 0 Å². The van der Waals surface area contributed by atoms with Gasteiger partial charge in [-0.15, -0.1) is 0 Å². The number of hydrogen-bond donors (Lipinski definition) is 1. The summed E-state index contributed by atoms with van der Waals surface area (Å²) >= 11 is 0. The highest BCUT2D eigenvalue weighted by Crippen LogP contribution is 2.38. The first kappa shape index (κ1) is 21.6. The van der Waals surface area contributed by atoms with E-state index < -0.39 is 0 Å². The molecular weight excluding hydrogens is 428 g/mol. The number of ether oxygens (including phenoxy) is 1. The summed E-state index contributed by atoms with van der Waals surface area (Å²) < 4.78 is 7.20. The number of fused-ring (bicyclic) bond motifs is 1. The molecule has 0 saturated heterocycles. The van der Waals surface area contributed by atoms with Crippen LogP contribution >= 0.6 is 0 Å². The van der Waals surface area contributed by atoms with E-state index in [9.17, 15) is 4.79 Å². The number of nitrogens with zero attached hydrogens (tertiary/aromatic N) is 5. The van der Waals surface area contributed by atoms with E-state index in [0.717, 1.165) is 35.0 Å². The molecule has 1 aliphatic rings. The quantitative estimate of drug-likeness (QED) is 0.403. The van der Waals surface area contributed by atoms with Crippen LogP contribution in [0.1, 0.15) is 43.4 Å². The van der Waals surface area contributed by atoms with E-state index in [1.165, 1.54) is 6.20 Å². The monoisotopic (exact) mass is 452 g/mol. The molecule has 3 aromatic heterocycles. The van der Waals surface area contributed by atoms with Crippen molar-refractivity contribution in [2.45, 2.75) is 38.8 Å². The highest BCUT2D eigenvalue weighted by Gasteiger charge is 2.30. The lowest BCUT2D eigenvalue weighted by Crippen LogP contribution is -2.26. The van der Waals surface area contributed by atoms with Crippen LogP contribution in [0.5, 0.6) is 5.88 Å². The minimum Gasteiger partial charge on any atom is -0.481 e. The van der Waals surface area contributed by atoms with Crippen molar-refractivity contribution in [2.75, 3.05) is 12.4 Å². The van der Waals surface area contributed by atoms with Crippen LogP contribution in [-0.2, 0) is 0 Å². The summed E-state index contributed by atoms with van der Waals surface area (Å²) in [6.45, 7) is 11.2.